The zero-order chi connectivity index (χ0) is 11.9. The summed E-state index contributed by atoms with van der Waals surface area (Å²) >= 11 is 1.63. The van der Waals surface area contributed by atoms with E-state index in [0.717, 1.165) is 30.9 Å². The smallest absolute Gasteiger partial charge is 0.213 e. The molecule has 17 heavy (non-hydrogen) atoms. The Labute approximate surface area is 105 Å². The lowest BCUT2D eigenvalue weighted by atomic mass is 10.3. The lowest BCUT2D eigenvalue weighted by molar-refractivity contribution is 0.395. The number of hydrogen-bond donors (Lipinski definition) is 1. The van der Waals surface area contributed by atoms with Gasteiger partial charge in [0.2, 0.25) is 5.88 Å². The Bertz CT molecular complexity index is 445. The molecule has 0 saturated carbocycles. The number of hydrogen-bond acceptors (Lipinski definition) is 5. The van der Waals surface area contributed by atoms with E-state index in [9.17, 15) is 0 Å². The van der Waals surface area contributed by atoms with Crippen LogP contribution in [-0.4, -0.2) is 23.6 Å². The molecule has 0 atom stereocenters. The maximum absolute atomic E-state index is 5.07. The summed E-state index contributed by atoms with van der Waals surface area (Å²) in [7, 11) is 1.63. The Morgan fingerprint density at radius 3 is 3.06 bits per heavy atom. The number of aromatic nitrogens is 2. The standard InChI is InChI=1S/C12H15N3OS/c1-16-12-4-2-3-10(15-12)7-13-6-5-11-8-17-9-14-11/h2-4,8-9,13H,5-7H2,1H3. The molecule has 2 heterocycles. The second-order valence-corrected chi connectivity index (χ2v) is 4.30. The molecule has 4 nitrogen and oxygen atoms in total. The molecule has 0 radical (unpaired) electrons. The molecular formula is C12H15N3OS. The van der Waals surface area contributed by atoms with Crippen molar-refractivity contribution in [3.05, 3.63) is 40.5 Å². The van der Waals surface area contributed by atoms with Gasteiger partial charge >= 0.3 is 0 Å². The SMILES string of the molecule is COc1cccc(CNCCc2cscn2)n1. The summed E-state index contributed by atoms with van der Waals surface area (Å²) < 4.78 is 5.07. The first kappa shape index (κ1) is 12.0. The topological polar surface area (TPSA) is 47.0 Å². The van der Waals surface area contributed by atoms with Crippen molar-refractivity contribution in [2.45, 2.75) is 13.0 Å². The fourth-order valence-corrected chi connectivity index (χ4v) is 2.06. The maximum atomic E-state index is 5.07. The van der Waals surface area contributed by atoms with E-state index in [2.05, 4.69) is 20.7 Å². The summed E-state index contributed by atoms with van der Waals surface area (Å²) in [6.45, 7) is 1.66. The van der Waals surface area contributed by atoms with Crippen LogP contribution in [-0.2, 0) is 13.0 Å². The van der Waals surface area contributed by atoms with Gasteiger partial charge in [0.1, 0.15) is 0 Å². The van der Waals surface area contributed by atoms with Gasteiger partial charge in [-0.25, -0.2) is 9.97 Å². The van der Waals surface area contributed by atoms with Crippen molar-refractivity contribution in [2.75, 3.05) is 13.7 Å². The van der Waals surface area contributed by atoms with Gasteiger partial charge < -0.3 is 10.1 Å². The molecule has 2 rings (SSSR count). The Kier molecular flexibility index (Phi) is 4.46. The van der Waals surface area contributed by atoms with Crippen molar-refractivity contribution in [3.63, 3.8) is 0 Å². The highest BCUT2D eigenvalue weighted by Gasteiger charge is 1.98. The van der Waals surface area contributed by atoms with E-state index in [1.807, 2.05) is 23.7 Å². The van der Waals surface area contributed by atoms with Crippen molar-refractivity contribution in [1.82, 2.24) is 15.3 Å². The van der Waals surface area contributed by atoms with Gasteiger partial charge in [-0.15, -0.1) is 11.3 Å². The molecule has 0 aromatic carbocycles. The van der Waals surface area contributed by atoms with Crippen molar-refractivity contribution in [1.29, 1.82) is 0 Å². The molecule has 0 amide bonds. The molecule has 5 heteroatoms. The summed E-state index contributed by atoms with van der Waals surface area (Å²) in [4.78, 5) is 8.56. The minimum absolute atomic E-state index is 0.656. The minimum Gasteiger partial charge on any atom is -0.481 e. The van der Waals surface area contributed by atoms with Gasteiger partial charge in [0.25, 0.3) is 0 Å². The third-order valence-electron chi connectivity index (χ3n) is 2.34. The minimum atomic E-state index is 0.656. The molecule has 0 aliphatic heterocycles. The monoisotopic (exact) mass is 249 g/mol. The first-order chi connectivity index (χ1) is 8.38. The van der Waals surface area contributed by atoms with Crippen molar-refractivity contribution >= 4 is 11.3 Å². The quantitative estimate of drug-likeness (QED) is 0.794. The van der Waals surface area contributed by atoms with Crippen LogP contribution in [0.4, 0.5) is 0 Å². The van der Waals surface area contributed by atoms with Crippen LogP contribution < -0.4 is 10.1 Å². The zero-order valence-electron chi connectivity index (χ0n) is 9.72. The van der Waals surface area contributed by atoms with Crippen molar-refractivity contribution < 1.29 is 4.74 Å². The summed E-state index contributed by atoms with van der Waals surface area (Å²) in [5.41, 5.74) is 3.99. The highest BCUT2D eigenvalue weighted by molar-refractivity contribution is 7.07. The number of nitrogens with zero attached hydrogens (tertiary/aromatic N) is 2. The molecular weight excluding hydrogens is 234 g/mol. The van der Waals surface area contributed by atoms with Crippen LogP contribution in [0.15, 0.2) is 29.1 Å². The van der Waals surface area contributed by atoms with E-state index >= 15 is 0 Å². The molecule has 0 bridgehead atoms. The van der Waals surface area contributed by atoms with Gasteiger partial charge in [-0.1, -0.05) is 6.07 Å². The van der Waals surface area contributed by atoms with Gasteiger partial charge in [-0.2, -0.15) is 0 Å². The Hall–Kier alpha value is -1.46. The average Bonchev–Trinajstić information content (AvgIpc) is 2.88. The van der Waals surface area contributed by atoms with Gasteiger partial charge in [-0.3, -0.25) is 0 Å². The number of ether oxygens (including phenoxy) is 1. The number of thiazole rings is 1. The fourth-order valence-electron chi connectivity index (χ4n) is 1.46. The molecule has 1 N–H and O–H groups in total. The van der Waals surface area contributed by atoms with E-state index in [-0.39, 0.29) is 0 Å². The highest BCUT2D eigenvalue weighted by Crippen LogP contribution is 2.06. The van der Waals surface area contributed by atoms with Crippen molar-refractivity contribution in [2.24, 2.45) is 0 Å². The van der Waals surface area contributed by atoms with Crippen LogP contribution in [0.5, 0.6) is 5.88 Å². The second-order valence-electron chi connectivity index (χ2n) is 3.58. The molecule has 0 aliphatic rings. The van der Waals surface area contributed by atoms with Crippen LogP contribution in [0, 0.1) is 0 Å². The van der Waals surface area contributed by atoms with Crippen molar-refractivity contribution in [3.8, 4) is 5.88 Å². The predicted molar refractivity (Wildman–Crippen MR) is 68.3 cm³/mol. The summed E-state index contributed by atoms with van der Waals surface area (Å²) in [6, 6.07) is 5.78. The van der Waals surface area contributed by atoms with Gasteiger partial charge in [-0.05, 0) is 6.07 Å². The Balaban J connectivity index is 1.74. The van der Waals surface area contributed by atoms with Crippen LogP contribution in [0.2, 0.25) is 0 Å². The van der Waals surface area contributed by atoms with Crippen LogP contribution >= 0.6 is 11.3 Å². The average molecular weight is 249 g/mol. The third-order valence-corrected chi connectivity index (χ3v) is 2.97. The van der Waals surface area contributed by atoms with Crippen LogP contribution in [0.3, 0.4) is 0 Å². The number of nitrogens with one attached hydrogen (secondary N) is 1. The fraction of sp³-hybridized carbons (Fsp3) is 0.333. The third kappa shape index (κ3) is 3.80. The van der Waals surface area contributed by atoms with Crippen LogP contribution in [0.25, 0.3) is 0 Å². The molecule has 2 aromatic rings. The molecule has 2 aromatic heterocycles. The molecule has 0 unspecified atom stereocenters. The largest absolute Gasteiger partial charge is 0.481 e. The number of rotatable bonds is 6. The number of pyridine rings is 1. The van der Waals surface area contributed by atoms with E-state index in [1.54, 1.807) is 18.4 Å². The lowest BCUT2D eigenvalue weighted by Gasteiger charge is -2.04. The summed E-state index contributed by atoms with van der Waals surface area (Å²) in [5.74, 6) is 0.656. The summed E-state index contributed by atoms with van der Waals surface area (Å²) in [6.07, 6.45) is 0.952. The van der Waals surface area contributed by atoms with Gasteiger partial charge in [0, 0.05) is 31.0 Å². The van der Waals surface area contributed by atoms with Crippen LogP contribution in [0.1, 0.15) is 11.4 Å². The first-order valence-electron chi connectivity index (χ1n) is 5.46. The predicted octanol–water partition coefficient (Wildman–Crippen LogP) is 1.88. The maximum Gasteiger partial charge on any atom is 0.213 e. The van der Waals surface area contributed by atoms with E-state index in [1.165, 1.54) is 0 Å². The Morgan fingerprint density at radius 1 is 1.35 bits per heavy atom. The molecule has 0 saturated heterocycles. The van der Waals surface area contributed by atoms with Gasteiger partial charge in [0.05, 0.1) is 24.0 Å². The molecule has 0 spiro atoms. The van der Waals surface area contributed by atoms with E-state index < -0.39 is 0 Å². The van der Waals surface area contributed by atoms with E-state index in [4.69, 9.17) is 4.74 Å². The molecule has 0 fully saturated rings. The molecule has 90 valence electrons. The summed E-state index contributed by atoms with van der Waals surface area (Å²) in [5, 5.41) is 5.41. The first-order valence-corrected chi connectivity index (χ1v) is 6.40. The van der Waals surface area contributed by atoms with Gasteiger partial charge in [0.15, 0.2) is 0 Å². The van der Waals surface area contributed by atoms with E-state index in [0.29, 0.717) is 5.88 Å². The normalized spacial score (nSPS) is 10.4. The lowest BCUT2D eigenvalue weighted by Crippen LogP contribution is -2.17. The molecule has 0 aliphatic carbocycles. The Morgan fingerprint density at radius 2 is 2.29 bits per heavy atom. The zero-order valence-corrected chi connectivity index (χ0v) is 10.5. The second kappa shape index (κ2) is 6.32. The highest BCUT2D eigenvalue weighted by atomic mass is 32.1. The number of methoxy groups -OCH3 is 1.